The Morgan fingerprint density at radius 1 is 1.00 bits per heavy atom. The monoisotopic (exact) mass is 445 g/mol. The number of H-pyrrole nitrogens is 1. The highest BCUT2D eigenvalue weighted by Gasteiger charge is 2.14. The number of nitrogens with two attached hydrogens (primary N) is 2. The average molecular weight is 446 g/mol. The van der Waals surface area contributed by atoms with Crippen LogP contribution in [-0.2, 0) is 0 Å². The standard InChI is InChI=1S/C11H7F2N5.C6H12.C5H10N2O/c12-5-1-6-7(3-15-10(6)8(13)2-5)11-17-9(14)4-16-18-11;1-2-4-6-5-3-1;6-5(8)7-3-1-2-4-7/h1-4,15H,(H2,14,17,18);1-6H2;1-4H2,(H2,6,8). The molecule has 172 valence electrons. The van der Waals surface area contributed by atoms with Crippen LogP contribution in [-0.4, -0.2) is 44.2 Å². The summed E-state index contributed by atoms with van der Waals surface area (Å²) in [4.78, 5) is 18.7. The van der Waals surface area contributed by atoms with Crippen LogP contribution in [0.25, 0.3) is 22.3 Å². The van der Waals surface area contributed by atoms with E-state index in [1.807, 2.05) is 0 Å². The van der Waals surface area contributed by atoms with E-state index in [4.69, 9.17) is 11.5 Å². The quantitative estimate of drug-likeness (QED) is 0.512. The van der Waals surface area contributed by atoms with E-state index in [1.54, 1.807) is 4.90 Å². The number of nitrogens with zero attached hydrogens (tertiary/aromatic N) is 4. The summed E-state index contributed by atoms with van der Waals surface area (Å²) in [5.74, 6) is -0.941. The van der Waals surface area contributed by atoms with Crippen molar-refractivity contribution in [3.63, 3.8) is 0 Å². The second-order valence-electron chi connectivity index (χ2n) is 7.87. The first-order chi connectivity index (χ1) is 15.5. The molecule has 1 aromatic carbocycles. The maximum absolute atomic E-state index is 13.5. The Hall–Kier alpha value is -3.30. The molecule has 0 atom stereocenters. The summed E-state index contributed by atoms with van der Waals surface area (Å²) in [5, 5.41) is 7.79. The molecule has 2 amide bonds. The van der Waals surface area contributed by atoms with Crippen molar-refractivity contribution in [1.29, 1.82) is 0 Å². The first kappa shape index (κ1) is 23.4. The molecular weight excluding hydrogens is 416 g/mol. The molecule has 10 heteroatoms. The molecule has 32 heavy (non-hydrogen) atoms. The highest BCUT2D eigenvalue weighted by Crippen LogP contribution is 2.28. The molecule has 3 heterocycles. The lowest BCUT2D eigenvalue weighted by Gasteiger charge is -2.09. The van der Waals surface area contributed by atoms with Gasteiger partial charge in [0.1, 0.15) is 17.5 Å². The molecule has 8 nitrogen and oxygen atoms in total. The number of amides is 2. The second-order valence-corrected chi connectivity index (χ2v) is 7.87. The zero-order chi connectivity index (χ0) is 22.9. The van der Waals surface area contributed by atoms with Crippen molar-refractivity contribution >= 4 is 22.8 Å². The van der Waals surface area contributed by atoms with E-state index < -0.39 is 11.6 Å². The van der Waals surface area contributed by atoms with Crippen LogP contribution in [0.15, 0.2) is 24.5 Å². The number of halogens is 2. The van der Waals surface area contributed by atoms with Crippen molar-refractivity contribution in [2.75, 3.05) is 18.8 Å². The van der Waals surface area contributed by atoms with E-state index in [2.05, 4.69) is 20.2 Å². The molecule has 0 unspecified atom stereocenters. The van der Waals surface area contributed by atoms with E-state index in [0.717, 1.165) is 32.0 Å². The molecule has 1 aliphatic carbocycles. The number of anilines is 1. The summed E-state index contributed by atoms with van der Waals surface area (Å²) >= 11 is 0. The molecule has 3 aromatic rings. The summed E-state index contributed by atoms with van der Waals surface area (Å²) in [5.41, 5.74) is 11.1. The first-order valence-corrected chi connectivity index (χ1v) is 10.9. The van der Waals surface area contributed by atoms with Crippen molar-refractivity contribution < 1.29 is 13.6 Å². The number of rotatable bonds is 1. The van der Waals surface area contributed by atoms with Gasteiger partial charge in [-0.15, -0.1) is 5.10 Å². The summed E-state index contributed by atoms with van der Waals surface area (Å²) in [6.07, 6.45) is 14.0. The number of carbonyl (C=O) groups is 1. The van der Waals surface area contributed by atoms with Crippen molar-refractivity contribution in [3.05, 3.63) is 36.2 Å². The van der Waals surface area contributed by atoms with Crippen LogP contribution in [0.4, 0.5) is 19.4 Å². The van der Waals surface area contributed by atoms with Crippen LogP contribution >= 0.6 is 0 Å². The fraction of sp³-hybridized carbons (Fsp3) is 0.455. The number of aromatic amines is 1. The predicted octanol–water partition coefficient (Wildman–Crippen LogP) is 4.38. The Morgan fingerprint density at radius 3 is 2.16 bits per heavy atom. The lowest BCUT2D eigenvalue weighted by Crippen LogP contribution is -2.32. The smallest absolute Gasteiger partial charge is 0.314 e. The minimum absolute atomic E-state index is 0.186. The highest BCUT2D eigenvalue weighted by atomic mass is 19.1. The van der Waals surface area contributed by atoms with E-state index in [-0.39, 0.29) is 23.2 Å². The van der Waals surface area contributed by atoms with Gasteiger partial charge in [0.05, 0.1) is 11.7 Å². The number of carbonyl (C=O) groups excluding carboxylic acids is 1. The van der Waals surface area contributed by atoms with E-state index >= 15 is 0 Å². The fourth-order valence-electron chi connectivity index (χ4n) is 3.77. The summed E-state index contributed by atoms with van der Waals surface area (Å²) in [7, 11) is 0. The zero-order valence-electron chi connectivity index (χ0n) is 18.0. The number of aromatic nitrogens is 4. The summed E-state index contributed by atoms with van der Waals surface area (Å²) in [6.45, 7) is 1.71. The third-order valence-corrected chi connectivity index (χ3v) is 5.44. The van der Waals surface area contributed by atoms with Gasteiger partial charge >= 0.3 is 6.03 Å². The van der Waals surface area contributed by atoms with Crippen molar-refractivity contribution in [1.82, 2.24) is 25.1 Å². The summed E-state index contributed by atoms with van der Waals surface area (Å²) in [6, 6.07) is 1.74. The van der Waals surface area contributed by atoms with Crippen LogP contribution in [0.3, 0.4) is 0 Å². The second kappa shape index (κ2) is 11.4. The average Bonchev–Trinajstić information content (AvgIpc) is 3.46. The van der Waals surface area contributed by atoms with Crippen molar-refractivity contribution in [2.24, 2.45) is 5.73 Å². The minimum Gasteiger partial charge on any atom is -0.382 e. The SMILES string of the molecule is C1CCCCC1.NC(=O)N1CCCC1.Nc1cnnc(-c2c[nH]c3c(F)cc(F)cc23)n1. The molecule has 0 spiro atoms. The largest absolute Gasteiger partial charge is 0.382 e. The number of hydrogen-bond donors (Lipinski definition) is 3. The summed E-state index contributed by atoms with van der Waals surface area (Å²) < 4.78 is 26.7. The molecule has 0 bridgehead atoms. The molecule has 2 aromatic heterocycles. The third-order valence-electron chi connectivity index (χ3n) is 5.44. The number of nitrogens with one attached hydrogen (secondary N) is 1. The highest BCUT2D eigenvalue weighted by molar-refractivity contribution is 5.94. The maximum atomic E-state index is 13.5. The fourth-order valence-corrected chi connectivity index (χ4v) is 3.77. The van der Waals surface area contributed by atoms with Gasteiger partial charge in [-0.3, -0.25) is 0 Å². The number of nitrogen functional groups attached to an aromatic ring is 1. The number of benzene rings is 1. The minimum atomic E-state index is -0.673. The van der Waals surface area contributed by atoms with Crippen LogP contribution in [0.5, 0.6) is 0 Å². The Labute approximate surface area is 185 Å². The van der Waals surface area contributed by atoms with Crippen molar-refractivity contribution in [3.8, 4) is 11.4 Å². The Balaban J connectivity index is 0.000000169. The lowest BCUT2D eigenvalue weighted by molar-refractivity contribution is 0.218. The van der Waals surface area contributed by atoms with E-state index in [0.29, 0.717) is 10.9 Å². The molecule has 0 radical (unpaired) electrons. The van der Waals surface area contributed by atoms with Crippen LogP contribution in [0.2, 0.25) is 0 Å². The van der Waals surface area contributed by atoms with E-state index in [9.17, 15) is 13.6 Å². The molecule has 5 rings (SSSR count). The normalized spacial score (nSPS) is 15.5. The molecular formula is C22H29F2N7O. The van der Waals surface area contributed by atoms with Crippen LogP contribution in [0, 0.1) is 11.6 Å². The van der Waals surface area contributed by atoms with Gasteiger partial charge < -0.3 is 21.4 Å². The molecule has 2 fully saturated rings. The number of likely N-dealkylation sites (tertiary alicyclic amines) is 1. The van der Waals surface area contributed by atoms with Crippen LogP contribution < -0.4 is 11.5 Å². The molecule has 1 aliphatic heterocycles. The molecule has 2 aliphatic rings. The molecule has 1 saturated carbocycles. The first-order valence-electron chi connectivity index (χ1n) is 10.9. The van der Waals surface area contributed by atoms with Gasteiger partial charge in [0.2, 0.25) is 0 Å². The Morgan fingerprint density at radius 2 is 1.62 bits per heavy atom. The topological polar surface area (TPSA) is 127 Å². The number of hydrogen-bond acceptors (Lipinski definition) is 5. The maximum Gasteiger partial charge on any atom is 0.314 e. The molecule has 1 saturated heterocycles. The van der Waals surface area contributed by atoms with Crippen LogP contribution in [0.1, 0.15) is 51.4 Å². The van der Waals surface area contributed by atoms with Gasteiger partial charge in [-0.25, -0.2) is 18.6 Å². The van der Waals surface area contributed by atoms with Gasteiger partial charge in [-0.05, 0) is 18.9 Å². The molecule has 5 N–H and O–H groups in total. The van der Waals surface area contributed by atoms with Gasteiger partial charge in [0.15, 0.2) is 5.82 Å². The van der Waals surface area contributed by atoms with Gasteiger partial charge in [-0.1, -0.05) is 38.5 Å². The van der Waals surface area contributed by atoms with Gasteiger partial charge in [0.25, 0.3) is 0 Å². The van der Waals surface area contributed by atoms with Gasteiger partial charge in [0, 0.05) is 36.3 Å². The number of urea groups is 1. The zero-order valence-corrected chi connectivity index (χ0v) is 18.0. The third kappa shape index (κ3) is 6.35. The lowest BCUT2D eigenvalue weighted by atomic mass is 10.0. The Kier molecular flexibility index (Phi) is 8.29. The van der Waals surface area contributed by atoms with Gasteiger partial charge in [-0.2, -0.15) is 5.10 Å². The number of primary amides is 1. The number of fused-ring (bicyclic) bond motifs is 1. The van der Waals surface area contributed by atoms with Crippen molar-refractivity contribution in [2.45, 2.75) is 51.4 Å². The predicted molar refractivity (Wildman–Crippen MR) is 120 cm³/mol. The Bertz CT molecular complexity index is 1020. The van der Waals surface area contributed by atoms with E-state index in [1.165, 1.54) is 57.0 Å².